The normalized spacial score (nSPS) is 10.5. The van der Waals surface area contributed by atoms with E-state index in [-0.39, 0.29) is 61.9 Å². The van der Waals surface area contributed by atoms with Crippen LogP contribution in [0.1, 0.15) is 69.3 Å². The van der Waals surface area contributed by atoms with Crippen molar-refractivity contribution in [3.8, 4) is 0 Å². The highest BCUT2D eigenvalue weighted by molar-refractivity contribution is 5.92. The van der Waals surface area contributed by atoms with Crippen molar-refractivity contribution in [1.29, 1.82) is 0 Å². The highest BCUT2D eigenvalue weighted by Crippen LogP contribution is 2.30. The molecule has 0 atom stereocenters. The van der Waals surface area contributed by atoms with Crippen LogP contribution in [-0.2, 0) is 18.9 Å². The van der Waals surface area contributed by atoms with Gasteiger partial charge in [0.05, 0.1) is 78.8 Å². The standard InChI is InChI=1S/C34H36N6O8/c1-5-45-31(41)23-13-27(20-35-17-23)39(26-9-10-38-30(16-26)34(44)48-8-4)11-12-40(28-14-24(18-36-21-28)32(42)46-6-2)29-15-25(19-37-22-29)33(43)47-7-3/h9-10,13-22H,5-8,11-12H2,1-4H3. The zero-order valence-corrected chi connectivity index (χ0v) is 27.1. The van der Waals surface area contributed by atoms with Crippen LogP contribution in [0.4, 0.5) is 22.7 Å². The summed E-state index contributed by atoms with van der Waals surface area (Å²) in [5.41, 5.74) is 2.84. The molecule has 0 amide bonds. The fourth-order valence-corrected chi connectivity index (χ4v) is 4.62. The topological polar surface area (TPSA) is 163 Å². The fourth-order valence-electron chi connectivity index (χ4n) is 4.62. The van der Waals surface area contributed by atoms with Gasteiger partial charge in [-0.15, -0.1) is 0 Å². The van der Waals surface area contributed by atoms with E-state index in [1.54, 1.807) is 76.6 Å². The first-order valence-corrected chi connectivity index (χ1v) is 15.3. The lowest BCUT2D eigenvalue weighted by molar-refractivity contribution is 0.0511. The van der Waals surface area contributed by atoms with Gasteiger partial charge in [0.25, 0.3) is 0 Å². The third kappa shape index (κ3) is 8.87. The molecule has 0 aromatic carbocycles. The predicted molar refractivity (Wildman–Crippen MR) is 175 cm³/mol. The van der Waals surface area contributed by atoms with Crippen LogP contribution < -0.4 is 9.80 Å². The van der Waals surface area contributed by atoms with Gasteiger partial charge in [-0.3, -0.25) is 15.0 Å². The molecule has 250 valence electrons. The Bertz CT molecular complexity index is 1500. The van der Waals surface area contributed by atoms with Gasteiger partial charge < -0.3 is 28.7 Å². The number of ether oxygens (including phenoxy) is 4. The Morgan fingerprint density at radius 2 is 0.896 bits per heavy atom. The Hall–Kier alpha value is -5.92. The van der Waals surface area contributed by atoms with Gasteiger partial charge in [0.1, 0.15) is 5.69 Å². The van der Waals surface area contributed by atoms with Crippen LogP contribution in [0, 0.1) is 0 Å². The van der Waals surface area contributed by atoms with E-state index in [1.165, 1.54) is 24.8 Å². The predicted octanol–water partition coefficient (Wildman–Crippen LogP) is 4.95. The van der Waals surface area contributed by atoms with Crippen molar-refractivity contribution in [2.24, 2.45) is 0 Å². The van der Waals surface area contributed by atoms with E-state index < -0.39 is 23.9 Å². The van der Waals surface area contributed by atoms with Crippen molar-refractivity contribution >= 4 is 46.6 Å². The Morgan fingerprint density at radius 3 is 1.29 bits per heavy atom. The van der Waals surface area contributed by atoms with Crippen LogP contribution in [0.3, 0.4) is 0 Å². The van der Waals surface area contributed by atoms with Gasteiger partial charge in [0.2, 0.25) is 0 Å². The minimum atomic E-state index is -0.594. The van der Waals surface area contributed by atoms with Crippen molar-refractivity contribution < 1.29 is 38.1 Å². The summed E-state index contributed by atoms with van der Waals surface area (Å²) in [5, 5.41) is 0. The molecule has 14 heteroatoms. The second-order valence-electron chi connectivity index (χ2n) is 9.88. The Kier molecular flexibility index (Phi) is 12.5. The molecular formula is C34H36N6O8. The number of carbonyl (C=O) groups is 4. The molecule has 0 saturated heterocycles. The number of aromatic nitrogens is 4. The van der Waals surface area contributed by atoms with Crippen LogP contribution in [0.2, 0.25) is 0 Å². The second kappa shape index (κ2) is 17.1. The largest absolute Gasteiger partial charge is 0.462 e. The SMILES string of the molecule is CCOC(=O)c1cncc(N(CCN(c2cncc(C(=O)OCC)c2)c2ccnc(C(=O)OCC)c2)c2cncc(C(=O)OCC)c2)c1. The van der Waals surface area contributed by atoms with Gasteiger partial charge in [0.15, 0.2) is 0 Å². The highest BCUT2D eigenvalue weighted by atomic mass is 16.5. The monoisotopic (exact) mass is 656 g/mol. The molecule has 0 bridgehead atoms. The van der Waals surface area contributed by atoms with Gasteiger partial charge in [-0.05, 0) is 58.0 Å². The maximum Gasteiger partial charge on any atom is 0.356 e. The van der Waals surface area contributed by atoms with Crippen LogP contribution in [0.25, 0.3) is 0 Å². The maximum atomic E-state index is 12.6. The van der Waals surface area contributed by atoms with Crippen LogP contribution >= 0.6 is 0 Å². The van der Waals surface area contributed by atoms with E-state index in [4.69, 9.17) is 18.9 Å². The molecule has 4 heterocycles. The quantitative estimate of drug-likeness (QED) is 0.125. The van der Waals surface area contributed by atoms with Crippen molar-refractivity contribution in [2.75, 3.05) is 49.3 Å². The third-order valence-electron chi connectivity index (χ3n) is 6.73. The van der Waals surface area contributed by atoms with Crippen molar-refractivity contribution in [3.05, 3.63) is 96.1 Å². The van der Waals surface area contributed by atoms with Crippen LogP contribution in [-0.4, -0.2) is 83.3 Å². The molecule has 0 spiro atoms. The maximum absolute atomic E-state index is 12.6. The summed E-state index contributed by atoms with van der Waals surface area (Å²) in [4.78, 5) is 71.1. The van der Waals surface area contributed by atoms with E-state index in [2.05, 4.69) is 19.9 Å². The average Bonchev–Trinajstić information content (AvgIpc) is 3.11. The van der Waals surface area contributed by atoms with Gasteiger partial charge in [-0.1, -0.05) is 0 Å². The lowest BCUT2D eigenvalue weighted by atomic mass is 10.2. The molecule has 4 aromatic rings. The smallest absolute Gasteiger partial charge is 0.356 e. The van der Waals surface area contributed by atoms with Crippen molar-refractivity contribution in [1.82, 2.24) is 19.9 Å². The van der Waals surface area contributed by atoms with Gasteiger partial charge >= 0.3 is 23.9 Å². The molecule has 0 fully saturated rings. The molecule has 4 aromatic heterocycles. The minimum Gasteiger partial charge on any atom is -0.462 e. The highest BCUT2D eigenvalue weighted by Gasteiger charge is 2.21. The first-order valence-electron chi connectivity index (χ1n) is 15.3. The van der Waals surface area contributed by atoms with E-state index in [1.807, 2.05) is 9.80 Å². The van der Waals surface area contributed by atoms with E-state index >= 15 is 0 Å². The number of carbonyl (C=O) groups excluding carboxylic acids is 4. The molecular weight excluding hydrogens is 620 g/mol. The van der Waals surface area contributed by atoms with E-state index in [0.29, 0.717) is 22.7 Å². The molecule has 0 unspecified atom stereocenters. The van der Waals surface area contributed by atoms with Crippen molar-refractivity contribution in [2.45, 2.75) is 27.7 Å². The number of hydrogen-bond donors (Lipinski definition) is 0. The third-order valence-corrected chi connectivity index (χ3v) is 6.73. The Balaban J connectivity index is 1.81. The summed E-state index contributed by atoms with van der Waals surface area (Å²) in [5.74, 6) is -2.23. The molecule has 0 N–H and O–H groups in total. The fraction of sp³-hybridized carbons (Fsp3) is 0.294. The average molecular weight is 657 g/mol. The molecule has 14 nitrogen and oxygen atoms in total. The van der Waals surface area contributed by atoms with Crippen LogP contribution in [0.15, 0.2) is 73.7 Å². The summed E-state index contributed by atoms with van der Waals surface area (Å²) >= 11 is 0. The van der Waals surface area contributed by atoms with E-state index in [0.717, 1.165) is 0 Å². The number of nitrogens with zero attached hydrogens (tertiary/aromatic N) is 6. The molecule has 4 rings (SSSR count). The molecule has 0 aliphatic heterocycles. The van der Waals surface area contributed by atoms with Crippen molar-refractivity contribution in [3.63, 3.8) is 0 Å². The number of rotatable bonds is 15. The zero-order chi connectivity index (χ0) is 34.5. The second-order valence-corrected chi connectivity index (χ2v) is 9.88. The lowest BCUT2D eigenvalue weighted by Gasteiger charge is -2.30. The number of anilines is 4. The number of esters is 4. The summed E-state index contributed by atoms with van der Waals surface area (Å²) < 4.78 is 20.7. The van der Waals surface area contributed by atoms with Gasteiger partial charge in [0, 0.05) is 43.6 Å². The van der Waals surface area contributed by atoms with Crippen LogP contribution in [0.5, 0.6) is 0 Å². The van der Waals surface area contributed by atoms with Gasteiger partial charge in [-0.2, -0.15) is 0 Å². The summed E-state index contributed by atoms with van der Waals surface area (Å²) in [6, 6.07) is 8.16. The first-order chi connectivity index (χ1) is 23.3. The molecule has 48 heavy (non-hydrogen) atoms. The van der Waals surface area contributed by atoms with Gasteiger partial charge in [-0.25, -0.2) is 24.2 Å². The zero-order valence-electron chi connectivity index (χ0n) is 27.1. The Labute approximate surface area is 277 Å². The molecule has 0 aliphatic carbocycles. The molecule has 0 radical (unpaired) electrons. The Morgan fingerprint density at radius 1 is 0.521 bits per heavy atom. The molecule has 0 aliphatic rings. The lowest BCUT2D eigenvalue weighted by Crippen LogP contribution is -2.31. The number of hydrogen-bond acceptors (Lipinski definition) is 14. The summed E-state index contributed by atoms with van der Waals surface area (Å²) in [6.07, 6.45) is 10.4. The first kappa shape index (κ1) is 34.9. The summed E-state index contributed by atoms with van der Waals surface area (Å²) in [6.45, 7) is 7.99. The summed E-state index contributed by atoms with van der Waals surface area (Å²) in [7, 11) is 0. The van der Waals surface area contributed by atoms with E-state index in [9.17, 15) is 19.2 Å². The number of pyridine rings is 4. The minimum absolute atomic E-state index is 0.0865. The molecule has 0 saturated carbocycles.